The molecule has 13 heavy (non-hydrogen) atoms. The minimum atomic E-state index is -0.877. The second-order valence-electron chi connectivity index (χ2n) is 2.90. The van der Waals surface area contributed by atoms with Crippen LogP contribution >= 0.6 is 0 Å². The summed E-state index contributed by atoms with van der Waals surface area (Å²) < 4.78 is 0. The maximum absolute atomic E-state index is 10.8. The fourth-order valence-corrected chi connectivity index (χ4v) is 1.22. The molecule has 0 aliphatic rings. The van der Waals surface area contributed by atoms with E-state index in [0.717, 1.165) is 5.56 Å². The largest absolute Gasteiger partial charge is 0.478 e. The van der Waals surface area contributed by atoms with Crippen LogP contribution in [0.1, 0.15) is 28.9 Å². The summed E-state index contributed by atoms with van der Waals surface area (Å²) >= 11 is 0. The second-order valence-corrected chi connectivity index (χ2v) is 2.90. The van der Waals surface area contributed by atoms with Gasteiger partial charge in [0.25, 0.3) is 0 Å². The molecule has 1 atom stereocenters. The summed E-state index contributed by atoms with van der Waals surface area (Å²) in [6, 6.07) is 7.08. The van der Waals surface area contributed by atoms with Gasteiger partial charge in [0.15, 0.2) is 0 Å². The van der Waals surface area contributed by atoms with Crippen LogP contribution in [-0.2, 0) is 0 Å². The van der Waals surface area contributed by atoms with Crippen molar-refractivity contribution >= 4 is 5.97 Å². The number of aromatic carboxylic acids is 1. The third kappa shape index (κ3) is 2.06. The van der Waals surface area contributed by atoms with Gasteiger partial charge in [0.05, 0.1) is 5.56 Å². The van der Waals surface area contributed by atoms with Crippen LogP contribution in [0.3, 0.4) is 0 Å². The molecule has 2 N–H and O–H groups in total. The highest BCUT2D eigenvalue weighted by atomic mass is 16.4. The van der Waals surface area contributed by atoms with E-state index in [9.17, 15) is 4.79 Å². The molecule has 0 saturated heterocycles. The Morgan fingerprint density at radius 1 is 1.46 bits per heavy atom. The standard InChI is InChI=1S/C10H13NO2/c1-7(11-2)8-5-3-4-6-9(8)10(12)13/h3-7,11H,1-2H3,(H,12,13). The molecule has 0 aliphatic heterocycles. The molecule has 3 heteroatoms. The molecule has 70 valence electrons. The van der Waals surface area contributed by atoms with E-state index in [0.29, 0.717) is 5.56 Å². The fraction of sp³-hybridized carbons (Fsp3) is 0.300. The molecule has 0 saturated carbocycles. The molecule has 0 fully saturated rings. The Balaban J connectivity index is 3.11. The van der Waals surface area contributed by atoms with Crippen molar-refractivity contribution in [1.29, 1.82) is 0 Å². The molecular formula is C10H13NO2. The van der Waals surface area contributed by atoms with Crippen LogP contribution in [-0.4, -0.2) is 18.1 Å². The lowest BCUT2D eigenvalue weighted by molar-refractivity contribution is 0.0695. The van der Waals surface area contributed by atoms with Gasteiger partial charge in [-0.25, -0.2) is 4.79 Å². The van der Waals surface area contributed by atoms with Gasteiger partial charge in [-0.3, -0.25) is 0 Å². The zero-order chi connectivity index (χ0) is 9.84. The summed E-state index contributed by atoms with van der Waals surface area (Å²) in [5.41, 5.74) is 1.18. The molecule has 0 amide bonds. The predicted octanol–water partition coefficient (Wildman–Crippen LogP) is 1.67. The molecule has 1 aromatic carbocycles. The van der Waals surface area contributed by atoms with Crippen LogP contribution in [0.4, 0.5) is 0 Å². The maximum Gasteiger partial charge on any atom is 0.336 e. The number of carboxylic acid groups (broad SMARTS) is 1. The van der Waals surface area contributed by atoms with Crippen molar-refractivity contribution in [3.05, 3.63) is 35.4 Å². The maximum atomic E-state index is 10.8. The number of carbonyl (C=O) groups is 1. The molecule has 0 aliphatic carbocycles. The fourth-order valence-electron chi connectivity index (χ4n) is 1.22. The van der Waals surface area contributed by atoms with E-state index >= 15 is 0 Å². The van der Waals surface area contributed by atoms with Gasteiger partial charge in [0, 0.05) is 6.04 Å². The number of nitrogens with one attached hydrogen (secondary N) is 1. The summed E-state index contributed by atoms with van der Waals surface area (Å²) in [4.78, 5) is 10.8. The normalized spacial score (nSPS) is 12.5. The van der Waals surface area contributed by atoms with Crippen molar-refractivity contribution in [3.8, 4) is 0 Å². The first-order valence-corrected chi connectivity index (χ1v) is 4.16. The minimum absolute atomic E-state index is 0.0623. The Kier molecular flexibility index (Phi) is 3.03. The van der Waals surface area contributed by atoms with E-state index in [1.165, 1.54) is 0 Å². The first-order valence-electron chi connectivity index (χ1n) is 4.16. The number of hydrogen-bond acceptors (Lipinski definition) is 2. The summed E-state index contributed by atoms with van der Waals surface area (Å²) in [6.45, 7) is 1.93. The number of carboxylic acids is 1. The van der Waals surface area contributed by atoms with Crippen molar-refractivity contribution in [1.82, 2.24) is 5.32 Å². The third-order valence-electron chi connectivity index (χ3n) is 2.09. The Morgan fingerprint density at radius 2 is 2.08 bits per heavy atom. The van der Waals surface area contributed by atoms with Gasteiger partial charge >= 0.3 is 5.97 Å². The molecule has 0 bridgehead atoms. The Labute approximate surface area is 77.4 Å². The van der Waals surface area contributed by atoms with Crippen LogP contribution < -0.4 is 5.32 Å². The number of benzene rings is 1. The topological polar surface area (TPSA) is 49.3 Å². The van der Waals surface area contributed by atoms with E-state index < -0.39 is 5.97 Å². The second kappa shape index (κ2) is 4.05. The average Bonchev–Trinajstić information content (AvgIpc) is 2.16. The van der Waals surface area contributed by atoms with Crippen LogP contribution in [0.5, 0.6) is 0 Å². The molecule has 0 aromatic heterocycles. The zero-order valence-corrected chi connectivity index (χ0v) is 7.74. The zero-order valence-electron chi connectivity index (χ0n) is 7.74. The predicted molar refractivity (Wildman–Crippen MR) is 50.9 cm³/mol. The summed E-state index contributed by atoms with van der Waals surface area (Å²) in [5, 5.41) is 11.9. The highest BCUT2D eigenvalue weighted by Crippen LogP contribution is 2.16. The lowest BCUT2D eigenvalue weighted by Crippen LogP contribution is -2.16. The SMILES string of the molecule is CNC(C)c1ccccc1C(=O)O. The van der Waals surface area contributed by atoms with Crippen LogP contribution in [0, 0.1) is 0 Å². The first-order chi connectivity index (χ1) is 6.16. The molecule has 0 radical (unpaired) electrons. The lowest BCUT2D eigenvalue weighted by Gasteiger charge is -2.12. The molecule has 1 aromatic rings. The smallest absolute Gasteiger partial charge is 0.336 e. The lowest BCUT2D eigenvalue weighted by atomic mass is 10.0. The minimum Gasteiger partial charge on any atom is -0.478 e. The van der Waals surface area contributed by atoms with E-state index in [1.807, 2.05) is 26.1 Å². The number of hydrogen-bond donors (Lipinski definition) is 2. The van der Waals surface area contributed by atoms with Gasteiger partial charge in [-0.1, -0.05) is 18.2 Å². The van der Waals surface area contributed by atoms with Crippen LogP contribution in [0.25, 0.3) is 0 Å². The Hall–Kier alpha value is -1.35. The molecule has 0 heterocycles. The Bertz CT molecular complexity index is 310. The first kappa shape index (κ1) is 9.74. The summed E-state index contributed by atoms with van der Waals surface area (Å²) in [5.74, 6) is -0.877. The summed E-state index contributed by atoms with van der Waals surface area (Å²) in [7, 11) is 1.81. The molecule has 0 spiro atoms. The van der Waals surface area contributed by atoms with E-state index in [2.05, 4.69) is 5.32 Å². The quantitative estimate of drug-likeness (QED) is 0.742. The van der Waals surface area contributed by atoms with Crippen molar-refractivity contribution in [3.63, 3.8) is 0 Å². The van der Waals surface area contributed by atoms with Gasteiger partial charge < -0.3 is 10.4 Å². The average molecular weight is 179 g/mol. The highest BCUT2D eigenvalue weighted by molar-refractivity contribution is 5.89. The van der Waals surface area contributed by atoms with E-state index in [-0.39, 0.29) is 6.04 Å². The molecule has 1 unspecified atom stereocenters. The van der Waals surface area contributed by atoms with Gasteiger partial charge in [0.1, 0.15) is 0 Å². The van der Waals surface area contributed by atoms with Crippen molar-refractivity contribution in [2.24, 2.45) is 0 Å². The van der Waals surface area contributed by atoms with Crippen molar-refractivity contribution in [2.75, 3.05) is 7.05 Å². The van der Waals surface area contributed by atoms with Crippen LogP contribution in [0.15, 0.2) is 24.3 Å². The highest BCUT2D eigenvalue weighted by Gasteiger charge is 2.12. The number of rotatable bonds is 3. The van der Waals surface area contributed by atoms with Crippen LogP contribution in [0.2, 0.25) is 0 Å². The molecular weight excluding hydrogens is 166 g/mol. The van der Waals surface area contributed by atoms with Crippen molar-refractivity contribution in [2.45, 2.75) is 13.0 Å². The van der Waals surface area contributed by atoms with Gasteiger partial charge in [0.2, 0.25) is 0 Å². The van der Waals surface area contributed by atoms with E-state index in [4.69, 9.17) is 5.11 Å². The Morgan fingerprint density at radius 3 is 2.62 bits per heavy atom. The van der Waals surface area contributed by atoms with Crippen molar-refractivity contribution < 1.29 is 9.90 Å². The van der Waals surface area contributed by atoms with E-state index in [1.54, 1.807) is 12.1 Å². The molecule has 1 rings (SSSR count). The van der Waals surface area contributed by atoms with Gasteiger partial charge in [-0.2, -0.15) is 0 Å². The molecule has 3 nitrogen and oxygen atoms in total. The summed E-state index contributed by atoms with van der Waals surface area (Å²) in [6.07, 6.45) is 0. The van der Waals surface area contributed by atoms with Gasteiger partial charge in [-0.15, -0.1) is 0 Å². The van der Waals surface area contributed by atoms with Gasteiger partial charge in [-0.05, 0) is 25.6 Å². The monoisotopic (exact) mass is 179 g/mol. The third-order valence-corrected chi connectivity index (χ3v) is 2.09.